The van der Waals surface area contributed by atoms with Crippen molar-refractivity contribution in [1.82, 2.24) is 15.2 Å². The normalized spacial score (nSPS) is 12.7. The first-order chi connectivity index (χ1) is 9.56. The van der Waals surface area contributed by atoms with E-state index < -0.39 is 0 Å². The lowest BCUT2D eigenvalue weighted by atomic mass is 10.0. The largest absolute Gasteiger partial charge is 0.271 e. The highest BCUT2D eigenvalue weighted by atomic mass is 79.9. The molecule has 0 radical (unpaired) electrons. The molecule has 0 amide bonds. The Bertz CT molecular complexity index is 580. The van der Waals surface area contributed by atoms with Gasteiger partial charge < -0.3 is 0 Å². The van der Waals surface area contributed by atoms with Crippen LogP contribution in [0.1, 0.15) is 30.6 Å². The van der Waals surface area contributed by atoms with Gasteiger partial charge in [0.15, 0.2) is 0 Å². The minimum atomic E-state index is -0.187. The van der Waals surface area contributed by atoms with Crippen molar-refractivity contribution < 1.29 is 0 Å². The maximum atomic E-state index is 6.12. The van der Waals surface area contributed by atoms with Crippen LogP contribution in [0.5, 0.6) is 0 Å². The molecule has 0 saturated carbocycles. The Morgan fingerprint density at radius 1 is 1.40 bits per heavy atom. The van der Waals surface area contributed by atoms with Crippen molar-refractivity contribution in [3.63, 3.8) is 0 Å². The Morgan fingerprint density at radius 3 is 2.75 bits per heavy atom. The zero-order valence-electron chi connectivity index (χ0n) is 10.9. The van der Waals surface area contributed by atoms with Gasteiger partial charge in [0.25, 0.3) is 0 Å². The SMILES string of the molecule is CCCn1ncc(Br)c1C(NN)c1cc(Cl)cc(Br)c1. The molecule has 7 heteroatoms. The summed E-state index contributed by atoms with van der Waals surface area (Å²) in [5, 5.41) is 5.03. The van der Waals surface area contributed by atoms with Gasteiger partial charge in [0.1, 0.15) is 0 Å². The van der Waals surface area contributed by atoms with Gasteiger partial charge in [0.2, 0.25) is 0 Å². The number of nitrogens with zero attached hydrogens (tertiary/aromatic N) is 2. The van der Waals surface area contributed by atoms with E-state index in [0.717, 1.165) is 33.2 Å². The second-order valence-electron chi connectivity index (χ2n) is 4.40. The van der Waals surface area contributed by atoms with Crippen molar-refractivity contribution in [2.45, 2.75) is 25.9 Å². The number of rotatable bonds is 5. The third-order valence-electron chi connectivity index (χ3n) is 2.93. The predicted octanol–water partition coefficient (Wildman–Crippen LogP) is 4.02. The van der Waals surface area contributed by atoms with Gasteiger partial charge in [-0.15, -0.1) is 0 Å². The molecule has 0 bridgehead atoms. The Balaban J connectivity index is 2.49. The lowest BCUT2D eigenvalue weighted by Crippen LogP contribution is -2.31. The summed E-state index contributed by atoms with van der Waals surface area (Å²) in [5.74, 6) is 5.76. The predicted molar refractivity (Wildman–Crippen MR) is 88.5 cm³/mol. The Kier molecular flexibility index (Phi) is 5.63. The number of halogens is 3. The van der Waals surface area contributed by atoms with E-state index in [-0.39, 0.29) is 6.04 Å². The van der Waals surface area contributed by atoms with Crippen LogP contribution in [-0.2, 0) is 6.54 Å². The van der Waals surface area contributed by atoms with Crippen LogP contribution in [0.4, 0.5) is 0 Å². The highest BCUT2D eigenvalue weighted by Gasteiger charge is 2.21. The number of aryl methyl sites for hydroxylation is 1. The number of nitrogens with one attached hydrogen (secondary N) is 1. The maximum Gasteiger partial charge on any atom is 0.0890 e. The molecule has 1 aromatic carbocycles. The Morgan fingerprint density at radius 2 is 2.15 bits per heavy atom. The topological polar surface area (TPSA) is 55.9 Å². The fourth-order valence-electron chi connectivity index (χ4n) is 2.12. The van der Waals surface area contributed by atoms with E-state index in [1.165, 1.54) is 0 Å². The first-order valence-corrected chi connectivity index (χ1v) is 8.16. The number of aromatic nitrogens is 2. The summed E-state index contributed by atoms with van der Waals surface area (Å²) in [6, 6.07) is 5.55. The van der Waals surface area contributed by atoms with Gasteiger partial charge in [-0.1, -0.05) is 34.5 Å². The quantitative estimate of drug-likeness (QED) is 0.565. The Hall–Kier alpha value is -0.400. The summed E-state index contributed by atoms with van der Waals surface area (Å²) in [6.45, 7) is 2.95. The molecule has 0 fully saturated rings. The van der Waals surface area contributed by atoms with E-state index in [1.54, 1.807) is 6.20 Å². The zero-order chi connectivity index (χ0) is 14.7. The van der Waals surface area contributed by atoms with E-state index in [4.69, 9.17) is 17.4 Å². The lowest BCUT2D eigenvalue weighted by molar-refractivity contribution is 0.519. The average Bonchev–Trinajstić information content (AvgIpc) is 2.72. The first kappa shape index (κ1) is 16.0. The zero-order valence-corrected chi connectivity index (χ0v) is 14.8. The molecule has 0 aliphatic rings. The molecule has 1 atom stereocenters. The summed E-state index contributed by atoms with van der Waals surface area (Å²) in [7, 11) is 0. The molecular weight excluding hydrogens is 407 g/mol. The summed E-state index contributed by atoms with van der Waals surface area (Å²) >= 11 is 13.1. The van der Waals surface area contributed by atoms with Crippen molar-refractivity contribution in [2.24, 2.45) is 5.84 Å². The fraction of sp³-hybridized carbons (Fsp3) is 0.308. The second-order valence-corrected chi connectivity index (χ2v) is 6.61. The molecule has 0 aliphatic carbocycles. The second kappa shape index (κ2) is 7.04. The summed E-state index contributed by atoms with van der Waals surface area (Å²) in [6.07, 6.45) is 2.78. The molecule has 2 rings (SSSR count). The van der Waals surface area contributed by atoms with Crippen LogP contribution in [-0.4, -0.2) is 9.78 Å². The summed E-state index contributed by atoms with van der Waals surface area (Å²) < 4.78 is 3.78. The van der Waals surface area contributed by atoms with Crippen molar-refractivity contribution in [3.05, 3.63) is 49.6 Å². The molecule has 20 heavy (non-hydrogen) atoms. The third-order valence-corrected chi connectivity index (χ3v) is 4.21. The van der Waals surface area contributed by atoms with E-state index in [0.29, 0.717) is 5.02 Å². The molecule has 108 valence electrons. The number of hydrogen-bond acceptors (Lipinski definition) is 3. The van der Waals surface area contributed by atoms with Crippen molar-refractivity contribution in [1.29, 1.82) is 0 Å². The van der Waals surface area contributed by atoms with E-state index >= 15 is 0 Å². The minimum absolute atomic E-state index is 0.187. The van der Waals surface area contributed by atoms with E-state index in [2.05, 4.69) is 49.3 Å². The van der Waals surface area contributed by atoms with Crippen molar-refractivity contribution >= 4 is 43.5 Å². The van der Waals surface area contributed by atoms with Crippen LogP contribution in [0.2, 0.25) is 5.02 Å². The molecule has 0 saturated heterocycles. The van der Waals surface area contributed by atoms with E-state index in [1.807, 2.05) is 22.9 Å². The van der Waals surface area contributed by atoms with Gasteiger partial charge in [-0.25, -0.2) is 5.43 Å². The fourth-order valence-corrected chi connectivity index (χ4v) is 3.54. The van der Waals surface area contributed by atoms with Gasteiger partial charge in [-0.05, 0) is 46.1 Å². The van der Waals surface area contributed by atoms with Crippen molar-refractivity contribution in [2.75, 3.05) is 0 Å². The third kappa shape index (κ3) is 3.43. The number of nitrogens with two attached hydrogens (primary N) is 1. The molecule has 1 heterocycles. The molecule has 1 unspecified atom stereocenters. The molecule has 1 aromatic heterocycles. The van der Waals surface area contributed by atoms with Crippen LogP contribution in [0.15, 0.2) is 33.3 Å². The monoisotopic (exact) mass is 420 g/mol. The summed E-state index contributed by atoms with van der Waals surface area (Å²) in [4.78, 5) is 0. The van der Waals surface area contributed by atoms with Crippen molar-refractivity contribution in [3.8, 4) is 0 Å². The van der Waals surface area contributed by atoms with Gasteiger partial charge in [-0.2, -0.15) is 5.10 Å². The van der Waals surface area contributed by atoms with Gasteiger partial charge in [0, 0.05) is 16.0 Å². The van der Waals surface area contributed by atoms with Crippen LogP contribution < -0.4 is 11.3 Å². The van der Waals surface area contributed by atoms with Gasteiger partial charge >= 0.3 is 0 Å². The number of hydrogen-bond donors (Lipinski definition) is 2. The average molecular weight is 423 g/mol. The highest BCUT2D eigenvalue weighted by Crippen LogP contribution is 2.31. The van der Waals surface area contributed by atoms with Crippen LogP contribution in [0.25, 0.3) is 0 Å². The standard InChI is InChI=1S/C13H15Br2ClN4/c1-2-3-20-13(11(15)7-18-20)12(19-17)8-4-9(14)6-10(16)5-8/h4-7,12,19H,2-3,17H2,1H3. The lowest BCUT2D eigenvalue weighted by Gasteiger charge is -2.19. The molecule has 4 nitrogen and oxygen atoms in total. The molecule has 2 aromatic rings. The van der Waals surface area contributed by atoms with E-state index in [9.17, 15) is 0 Å². The summed E-state index contributed by atoms with van der Waals surface area (Å²) in [5.41, 5.74) is 4.81. The number of hydrazine groups is 1. The van der Waals surface area contributed by atoms with Crippen LogP contribution in [0.3, 0.4) is 0 Å². The number of benzene rings is 1. The minimum Gasteiger partial charge on any atom is -0.271 e. The smallest absolute Gasteiger partial charge is 0.0890 e. The first-order valence-electron chi connectivity index (χ1n) is 6.20. The van der Waals surface area contributed by atoms with Gasteiger partial charge in [0.05, 0.1) is 22.4 Å². The molecular formula is C13H15Br2ClN4. The van der Waals surface area contributed by atoms with Gasteiger partial charge in [-0.3, -0.25) is 10.5 Å². The molecule has 0 aliphatic heterocycles. The Labute approximate surface area is 139 Å². The van der Waals surface area contributed by atoms with Crippen LogP contribution >= 0.6 is 43.5 Å². The van der Waals surface area contributed by atoms with Crippen LogP contribution in [0, 0.1) is 0 Å². The molecule has 3 N–H and O–H groups in total. The highest BCUT2D eigenvalue weighted by molar-refractivity contribution is 9.10. The molecule has 0 spiro atoms. The maximum absolute atomic E-state index is 6.12.